The fourth-order valence-corrected chi connectivity index (χ4v) is 3.70. The quantitative estimate of drug-likeness (QED) is 0.511. The van der Waals surface area contributed by atoms with Crippen molar-refractivity contribution in [2.24, 2.45) is 0 Å². The van der Waals surface area contributed by atoms with Gasteiger partial charge in [0.05, 0.1) is 0 Å². The molecular formula is C13H19BrN2S. The van der Waals surface area contributed by atoms with Gasteiger partial charge in [0.15, 0.2) is 0 Å². The van der Waals surface area contributed by atoms with Crippen molar-refractivity contribution in [1.29, 1.82) is 0 Å². The third-order valence-electron chi connectivity index (χ3n) is 3.03. The summed E-state index contributed by atoms with van der Waals surface area (Å²) in [5.41, 5.74) is 6.54. The van der Waals surface area contributed by atoms with E-state index in [2.05, 4.69) is 26.9 Å². The first-order valence-electron chi connectivity index (χ1n) is 6.16. The van der Waals surface area contributed by atoms with E-state index >= 15 is 0 Å². The van der Waals surface area contributed by atoms with E-state index in [-0.39, 0.29) is 0 Å². The van der Waals surface area contributed by atoms with Crippen molar-refractivity contribution in [3.8, 4) is 0 Å². The molecule has 1 heterocycles. The zero-order valence-electron chi connectivity index (χ0n) is 9.99. The van der Waals surface area contributed by atoms with Crippen molar-refractivity contribution < 1.29 is 0 Å². The lowest BCUT2D eigenvalue weighted by atomic mass is 10.3. The van der Waals surface area contributed by atoms with Crippen molar-refractivity contribution in [1.82, 2.24) is 4.90 Å². The third-order valence-corrected chi connectivity index (χ3v) is 5.11. The van der Waals surface area contributed by atoms with Gasteiger partial charge in [0.25, 0.3) is 0 Å². The maximum atomic E-state index is 5.72. The molecule has 0 amide bonds. The number of likely N-dealkylation sites (tertiary alicyclic amines) is 1. The normalized spacial score (nSPS) is 16.5. The van der Waals surface area contributed by atoms with Gasteiger partial charge in [-0.2, -0.15) is 0 Å². The van der Waals surface area contributed by atoms with Gasteiger partial charge in [-0.3, -0.25) is 0 Å². The smallest absolute Gasteiger partial charge is 0.0331 e. The molecule has 2 rings (SSSR count). The van der Waals surface area contributed by atoms with Crippen LogP contribution in [0.4, 0.5) is 5.69 Å². The minimum Gasteiger partial charge on any atom is -0.399 e. The lowest BCUT2D eigenvalue weighted by molar-refractivity contribution is 0.341. The number of anilines is 1. The lowest BCUT2D eigenvalue weighted by Crippen LogP contribution is -2.20. The second kappa shape index (κ2) is 6.66. The molecule has 1 fully saturated rings. The number of nitrogens with zero attached hydrogens (tertiary/aromatic N) is 1. The predicted octanol–water partition coefficient (Wildman–Crippen LogP) is 3.61. The zero-order valence-corrected chi connectivity index (χ0v) is 12.4. The van der Waals surface area contributed by atoms with Crippen LogP contribution in [0.5, 0.6) is 0 Å². The zero-order chi connectivity index (χ0) is 12.1. The van der Waals surface area contributed by atoms with Gasteiger partial charge in [0.2, 0.25) is 0 Å². The molecule has 0 aromatic heterocycles. The highest BCUT2D eigenvalue weighted by Crippen LogP contribution is 2.29. The molecule has 0 radical (unpaired) electrons. The van der Waals surface area contributed by atoms with E-state index in [1.54, 1.807) is 0 Å². The van der Waals surface area contributed by atoms with E-state index < -0.39 is 0 Å². The van der Waals surface area contributed by atoms with Crippen LogP contribution in [0.2, 0.25) is 0 Å². The van der Waals surface area contributed by atoms with Crippen LogP contribution < -0.4 is 5.73 Å². The summed E-state index contributed by atoms with van der Waals surface area (Å²) in [7, 11) is 0. The third kappa shape index (κ3) is 4.19. The van der Waals surface area contributed by atoms with Crippen molar-refractivity contribution in [2.75, 3.05) is 31.1 Å². The van der Waals surface area contributed by atoms with Crippen molar-refractivity contribution >= 4 is 33.4 Å². The van der Waals surface area contributed by atoms with E-state index in [1.807, 2.05) is 23.9 Å². The predicted molar refractivity (Wildman–Crippen MR) is 79.6 cm³/mol. The minimum atomic E-state index is 0.818. The highest BCUT2D eigenvalue weighted by atomic mass is 79.9. The van der Waals surface area contributed by atoms with Crippen molar-refractivity contribution in [3.63, 3.8) is 0 Å². The first-order valence-corrected chi connectivity index (χ1v) is 7.94. The molecule has 1 saturated heterocycles. The molecule has 1 aromatic rings. The summed E-state index contributed by atoms with van der Waals surface area (Å²) in [6.45, 7) is 3.85. The van der Waals surface area contributed by atoms with Gasteiger partial charge in [-0.25, -0.2) is 0 Å². The summed E-state index contributed by atoms with van der Waals surface area (Å²) in [5, 5.41) is 0. The number of rotatable bonds is 5. The maximum absolute atomic E-state index is 5.72. The van der Waals surface area contributed by atoms with Crippen molar-refractivity contribution in [2.45, 2.75) is 24.2 Å². The number of nitrogens with two attached hydrogens (primary N) is 1. The van der Waals surface area contributed by atoms with Crippen molar-refractivity contribution in [3.05, 3.63) is 22.7 Å². The Hall–Kier alpha value is -0.190. The molecule has 4 heteroatoms. The summed E-state index contributed by atoms with van der Waals surface area (Å²) in [5.74, 6) is 1.18. The molecule has 1 aliphatic rings. The molecule has 1 aromatic carbocycles. The molecule has 0 atom stereocenters. The Labute approximate surface area is 116 Å². The Morgan fingerprint density at radius 2 is 2.06 bits per heavy atom. The molecular weight excluding hydrogens is 296 g/mol. The average Bonchev–Trinajstić information content (AvgIpc) is 2.79. The number of hydrogen-bond donors (Lipinski definition) is 1. The second-order valence-electron chi connectivity index (χ2n) is 4.44. The van der Waals surface area contributed by atoms with E-state index in [4.69, 9.17) is 5.73 Å². The molecule has 0 spiro atoms. The molecule has 0 saturated carbocycles. The molecule has 0 unspecified atom stereocenters. The van der Waals surface area contributed by atoms with Gasteiger partial charge in [-0.15, -0.1) is 11.8 Å². The van der Waals surface area contributed by atoms with E-state index in [1.165, 1.54) is 49.5 Å². The van der Waals surface area contributed by atoms with Gasteiger partial charge < -0.3 is 10.6 Å². The Bertz CT molecular complexity index is 364. The summed E-state index contributed by atoms with van der Waals surface area (Å²) < 4.78 is 1.11. The minimum absolute atomic E-state index is 0.818. The van der Waals surface area contributed by atoms with Crippen LogP contribution in [0.3, 0.4) is 0 Å². The topological polar surface area (TPSA) is 29.3 Å². The van der Waals surface area contributed by atoms with Crippen LogP contribution in [-0.2, 0) is 0 Å². The molecule has 0 bridgehead atoms. The number of benzene rings is 1. The van der Waals surface area contributed by atoms with Gasteiger partial charge in [-0.05, 0) is 78.8 Å². The summed E-state index contributed by atoms with van der Waals surface area (Å²) >= 11 is 5.46. The SMILES string of the molecule is Nc1ccc(SCCCN2CCCC2)c(Br)c1. The first-order chi connectivity index (χ1) is 8.25. The number of nitrogen functional groups attached to an aromatic ring is 1. The monoisotopic (exact) mass is 314 g/mol. The number of halogens is 1. The molecule has 0 aliphatic carbocycles. The van der Waals surface area contributed by atoms with Crippen LogP contribution in [0.1, 0.15) is 19.3 Å². The average molecular weight is 315 g/mol. The Morgan fingerprint density at radius 1 is 1.29 bits per heavy atom. The van der Waals surface area contributed by atoms with E-state index in [0.717, 1.165) is 10.2 Å². The van der Waals surface area contributed by atoms with Gasteiger partial charge in [0, 0.05) is 15.1 Å². The summed E-state index contributed by atoms with van der Waals surface area (Å²) in [4.78, 5) is 3.86. The Kier molecular flexibility index (Phi) is 5.19. The molecule has 1 aliphatic heterocycles. The Morgan fingerprint density at radius 3 is 2.76 bits per heavy atom. The van der Waals surface area contributed by atoms with Crippen LogP contribution >= 0.6 is 27.7 Å². The van der Waals surface area contributed by atoms with Crippen LogP contribution in [0.15, 0.2) is 27.6 Å². The van der Waals surface area contributed by atoms with Gasteiger partial charge in [0.1, 0.15) is 0 Å². The van der Waals surface area contributed by atoms with Crippen LogP contribution in [-0.4, -0.2) is 30.3 Å². The standard InChI is InChI=1S/C13H19BrN2S/c14-12-10-11(15)4-5-13(12)17-9-3-8-16-6-1-2-7-16/h4-5,10H,1-3,6-9,15H2. The largest absolute Gasteiger partial charge is 0.399 e. The van der Waals surface area contributed by atoms with Crippen LogP contribution in [0, 0.1) is 0 Å². The van der Waals surface area contributed by atoms with Crippen LogP contribution in [0.25, 0.3) is 0 Å². The molecule has 94 valence electrons. The molecule has 17 heavy (non-hydrogen) atoms. The lowest BCUT2D eigenvalue weighted by Gasteiger charge is -2.13. The van der Waals surface area contributed by atoms with Gasteiger partial charge in [-0.1, -0.05) is 0 Å². The first kappa shape index (κ1) is 13.2. The Balaban J connectivity index is 1.70. The van der Waals surface area contributed by atoms with Gasteiger partial charge >= 0.3 is 0 Å². The molecule has 2 N–H and O–H groups in total. The summed E-state index contributed by atoms with van der Waals surface area (Å²) in [6.07, 6.45) is 4.04. The number of thioether (sulfide) groups is 1. The highest BCUT2D eigenvalue weighted by molar-refractivity contribution is 9.10. The fraction of sp³-hybridized carbons (Fsp3) is 0.538. The highest BCUT2D eigenvalue weighted by Gasteiger charge is 2.10. The summed E-state index contributed by atoms with van der Waals surface area (Å²) in [6, 6.07) is 6.04. The second-order valence-corrected chi connectivity index (χ2v) is 6.43. The molecule has 2 nitrogen and oxygen atoms in total. The van der Waals surface area contributed by atoms with E-state index in [9.17, 15) is 0 Å². The van der Waals surface area contributed by atoms with E-state index in [0.29, 0.717) is 0 Å². The maximum Gasteiger partial charge on any atom is 0.0331 e. The fourth-order valence-electron chi connectivity index (χ4n) is 2.11. The number of hydrogen-bond acceptors (Lipinski definition) is 3.